The van der Waals surface area contributed by atoms with Crippen LogP contribution in [0.25, 0.3) is 0 Å². The van der Waals surface area contributed by atoms with E-state index in [1.807, 2.05) is 38.1 Å². The molecular weight excluding hydrogens is 331 g/mol. The molecule has 0 bridgehead atoms. The molecule has 0 radical (unpaired) electrons. The van der Waals surface area contributed by atoms with Gasteiger partial charge in [0.05, 0.1) is 6.42 Å². The molecule has 0 aliphatic heterocycles. The Morgan fingerprint density at radius 2 is 1.69 bits per heavy atom. The van der Waals surface area contributed by atoms with Crippen LogP contribution in [0.15, 0.2) is 48.5 Å². The zero-order valence-corrected chi connectivity index (χ0v) is 15.5. The van der Waals surface area contributed by atoms with Crippen molar-refractivity contribution in [3.05, 3.63) is 71.0 Å². The SMILES string of the molecule is CC[C@@H](C(=O)NC)N(Cc1ccccc1C)C(=O)Cc1ccccc1F. The van der Waals surface area contributed by atoms with Gasteiger partial charge < -0.3 is 10.2 Å². The summed E-state index contributed by atoms with van der Waals surface area (Å²) in [7, 11) is 1.55. The van der Waals surface area contributed by atoms with Crippen molar-refractivity contribution >= 4 is 11.8 Å². The van der Waals surface area contributed by atoms with Crippen LogP contribution >= 0.6 is 0 Å². The molecule has 2 aromatic rings. The van der Waals surface area contributed by atoms with E-state index >= 15 is 0 Å². The summed E-state index contributed by atoms with van der Waals surface area (Å²) in [4.78, 5) is 26.8. The number of rotatable bonds is 7. The van der Waals surface area contributed by atoms with Gasteiger partial charge in [0.25, 0.3) is 0 Å². The van der Waals surface area contributed by atoms with Crippen LogP contribution in [0.5, 0.6) is 0 Å². The fraction of sp³-hybridized carbons (Fsp3) is 0.333. The van der Waals surface area contributed by atoms with Gasteiger partial charge in [-0.05, 0) is 36.1 Å². The van der Waals surface area contributed by atoms with E-state index in [1.54, 1.807) is 30.1 Å². The summed E-state index contributed by atoms with van der Waals surface area (Å²) in [5.41, 5.74) is 2.35. The highest BCUT2D eigenvalue weighted by Gasteiger charge is 2.28. The summed E-state index contributed by atoms with van der Waals surface area (Å²) in [5, 5.41) is 2.62. The molecule has 5 heteroatoms. The van der Waals surface area contributed by atoms with Crippen LogP contribution in [0.2, 0.25) is 0 Å². The van der Waals surface area contributed by atoms with Crippen molar-refractivity contribution in [1.82, 2.24) is 10.2 Å². The highest BCUT2D eigenvalue weighted by molar-refractivity contribution is 5.88. The van der Waals surface area contributed by atoms with Crippen LogP contribution in [-0.4, -0.2) is 29.8 Å². The number of carbonyl (C=O) groups excluding carboxylic acids is 2. The monoisotopic (exact) mass is 356 g/mol. The molecule has 0 unspecified atom stereocenters. The van der Waals surface area contributed by atoms with E-state index in [1.165, 1.54) is 6.07 Å². The second kappa shape index (κ2) is 9.13. The molecule has 0 heterocycles. The highest BCUT2D eigenvalue weighted by Crippen LogP contribution is 2.17. The third-order valence-electron chi connectivity index (χ3n) is 4.53. The van der Waals surface area contributed by atoms with Gasteiger partial charge in [-0.1, -0.05) is 49.4 Å². The van der Waals surface area contributed by atoms with Crippen LogP contribution in [0.4, 0.5) is 4.39 Å². The number of nitrogens with one attached hydrogen (secondary N) is 1. The lowest BCUT2D eigenvalue weighted by Gasteiger charge is -2.31. The van der Waals surface area contributed by atoms with Crippen molar-refractivity contribution in [1.29, 1.82) is 0 Å². The van der Waals surface area contributed by atoms with Gasteiger partial charge in [0.15, 0.2) is 0 Å². The Bertz CT molecular complexity index is 776. The maximum absolute atomic E-state index is 14.0. The molecule has 4 nitrogen and oxygen atoms in total. The number of carbonyl (C=O) groups is 2. The van der Waals surface area contributed by atoms with Crippen LogP contribution < -0.4 is 5.32 Å². The van der Waals surface area contributed by atoms with Gasteiger partial charge in [-0.2, -0.15) is 0 Å². The molecule has 2 amide bonds. The number of hydrogen-bond donors (Lipinski definition) is 1. The second-order valence-corrected chi connectivity index (χ2v) is 6.25. The number of aryl methyl sites for hydroxylation is 1. The first-order chi connectivity index (χ1) is 12.5. The predicted molar refractivity (Wildman–Crippen MR) is 100.0 cm³/mol. The Labute approximate surface area is 154 Å². The maximum atomic E-state index is 14.0. The fourth-order valence-corrected chi connectivity index (χ4v) is 2.96. The molecule has 0 saturated heterocycles. The average molecular weight is 356 g/mol. The first-order valence-electron chi connectivity index (χ1n) is 8.76. The van der Waals surface area contributed by atoms with Crippen molar-refractivity contribution in [2.24, 2.45) is 0 Å². The van der Waals surface area contributed by atoms with Gasteiger partial charge in [-0.25, -0.2) is 4.39 Å². The maximum Gasteiger partial charge on any atom is 0.242 e. The number of hydrogen-bond acceptors (Lipinski definition) is 2. The standard InChI is InChI=1S/C21H25FN2O2/c1-4-19(21(26)23-3)24(14-17-11-6-5-9-15(17)2)20(25)13-16-10-7-8-12-18(16)22/h5-12,19H,4,13-14H2,1-3H3,(H,23,26)/t19-/m0/s1. The number of amides is 2. The Morgan fingerprint density at radius 1 is 1.08 bits per heavy atom. The predicted octanol–water partition coefficient (Wildman–Crippen LogP) is 3.23. The van der Waals surface area contributed by atoms with E-state index in [0.29, 0.717) is 18.5 Å². The normalized spacial score (nSPS) is 11.7. The van der Waals surface area contributed by atoms with E-state index in [-0.39, 0.29) is 18.2 Å². The molecule has 1 atom stereocenters. The lowest BCUT2D eigenvalue weighted by molar-refractivity contribution is -0.140. The molecule has 0 aliphatic carbocycles. The smallest absolute Gasteiger partial charge is 0.242 e. The Balaban J connectivity index is 2.32. The zero-order chi connectivity index (χ0) is 19.1. The van der Waals surface area contributed by atoms with Gasteiger partial charge >= 0.3 is 0 Å². The largest absolute Gasteiger partial charge is 0.357 e. The molecule has 0 spiro atoms. The number of likely N-dealkylation sites (N-methyl/N-ethyl adjacent to an activating group) is 1. The minimum absolute atomic E-state index is 0.0773. The summed E-state index contributed by atoms with van der Waals surface area (Å²) < 4.78 is 14.0. The highest BCUT2D eigenvalue weighted by atomic mass is 19.1. The number of nitrogens with zero attached hydrogens (tertiary/aromatic N) is 1. The fourth-order valence-electron chi connectivity index (χ4n) is 2.96. The minimum atomic E-state index is -0.598. The van der Waals surface area contributed by atoms with Crippen LogP contribution in [0.3, 0.4) is 0 Å². The molecule has 1 N–H and O–H groups in total. The number of benzene rings is 2. The molecule has 138 valence electrons. The summed E-state index contributed by atoms with van der Waals surface area (Å²) >= 11 is 0. The number of halogens is 1. The Morgan fingerprint density at radius 3 is 2.27 bits per heavy atom. The van der Waals surface area contributed by atoms with Crippen molar-refractivity contribution in [3.63, 3.8) is 0 Å². The summed E-state index contributed by atoms with van der Waals surface area (Å²) in [6.07, 6.45) is 0.403. The third-order valence-corrected chi connectivity index (χ3v) is 4.53. The van der Waals surface area contributed by atoms with Gasteiger partial charge in [-0.3, -0.25) is 9.59 Å². The van der Waals surface area contributed by atoms with Gasteiger partial charge in [0, 0.05) is 13.6 Å². The summed E-state index contributed by atoms with van der Waals surface area (Å²) in [6, 6.07) is 13.4. The van der Waals surface area contributed by atoms with Crippen molar-refractivity contribution in [2.45, 2.75) is 39.3 Å². The van der Waals surface area contributed by atoms with E-state index in [0.717, 1.165) is 11.1 Å². The van der Waals surface area contributed by atoms with Crippen molar-refractivity contribution in [3.8, 4) is 0 Å². The van der Waals surface area contributed by atoms with E-state index in [4.69, 9.17) is 0 Å². The van der Waals surface area contributed by atoms with Crippen molar-refractivity contribution < 1.29 is 14.0 Å². The van der Waals surface area contributed by atoms with Gasteiger partial charge in [-0.15, -0.1) is 0 Å². The summed E-state index contributed by atoms with van der Waals surface area (Å²) in [5.74, 6) is -0.901. The second-order valence-electron chi connectivity index (χ2n) is 6.25. The van der Waals surface area contributed by atoms with E-state index in [2.05, 4.69) is 5.32 Å². The molecule has 0 aliphatic rings. The average Bonchev–Trinajstić information content (AvgIpc) is 2.64. The van der Waals surface area contributed by atoms with Gasteiger partial charge in [0.1, 0.15) is 11.9 Å². The summed E-state index contributed by atoms with van der Waals surface area (Å²) in [6.45, 7) is 4.14. The Hall–Kier alpha value is -2.69. The molecule has 0 aromatic heterocycles. The van der Waals surface area contributed by atoms with Crippen LogP contribution in [0.1, 0.15) is 30.0 Å². The lowest BCUT2D eigenvalue weighted by Crippen LogP contribution is -2.48. The lowest BCUT2D eigenvalue weighted by atomic mass is 10.0. The first-order valence-corrected chi connectivity index (χ1v) is 8.76. The van der Waals surface area contributed by atoms with Crippen molar-refractivity contribution in [2.75, 3.05) is 7.05 Å². The first kappa shape index (κ1) is 19.6. The van der Waals surface area contributed by atoms with Crippen LogP contribution in [-0.2, 0) is 22.6 Å². The quantitative estimate of drug-likeness (QED) is 0.828. The van der Waals surface area contributed by atoms with E-state index < -0.39 is 11.9 Å². The third kappa shape index (κ3) is 4.69. The molecule has 0 fully saturated rings. The molecule has 0 saturated carbocycles. The topological polar surface area (TPSA) is 49.4 Å². The molecule has 26 heavy (non-hydrogen) atoms. The molecule has 2 aromatic carbocycles. The molecular formula is C21H25FN2O2. The van der Waals surface area contributed by atoms with Crippen LogP contribution in [0, 0.1) is 12.7 Å². The van der Waals surface area contributed by atoms with Gasteiger partial charge in [0.2, 0.25) is 11.8 Å². The van der Waals surface area contributed by atoms with E-state index in [9.17, 15) is 14.0 Å². The zero-order valence-electron chi connectivity index (χ0n) is 15.5. The molecule has 2 rings (SSSR count). The Kier molecular flexibility index (Phi) is 6.89. The minimum Gasteiger partial charge on any atom is -0.357 e.